The van der Waals surface area contributed by atoms with Gasteiger partial charge < -0.3 is 10.2 Å². The van der Waals surface area contributed by atoms with Crippen LogP contribution < -0.4 is 0 Å². The number of carboxylic acids is 1. The van der Waals surface area contributed by atoms with E-state index in [2.05, 4.69) is 0 Å². The summed E-state index contributed by atoms with van der Waals surface area (Å²) in [5.41, 5.74) is 0.699. The summed E-state index contributed by atoms with van der Waals surface area (Å²) in [6.07, 6.45) is -0.00369. The van der Waals surface area contributed by atoms with Crippen LogP contribution in [0, 0.1) is 3.57 Å². The second kappa shape index (κ2) is 3.75. The summed E-state index contributed by atoms with van der Waals surface area (Å²) in [5.74, 6) is -0.679. The Morgan fingerprint density at radius 2 is 2.17 bits per heavy atom. The standard InChI is InChI=1S/C8H7IO3/c9-6-3-5(4-8(11)12)1-2-7(6)10/h1-3,10H,4H2,(H,11,12). The molecular weight excluding hydrogens is 271 g/mol. The molecule has 12 heavy (non-hydrogen) atoms. The van der Waals surface area contributed by atoms with Gasteiger partial charge in [-0.2, -0.15) is 0 Å². The Hall–Kier alpha value is -0.780. The lowest BCUT2D eigenvalue weighted by Gasteiger charge is -1.99. The molecule has 1 aromatic carbocycles. The molecule has 0 heterocycles. The number of rotatable bonds is 2. The summed E-state index contributed by atoms with van der Waals surface area (Å²) in [6.45, 7) is 0. The van der Waals surface area contributed by atoms with Crippen molar-refractivity contribution in [3.8, 4) is 5.75 Å². The van der Waals surface area contributed by atoms with Gasteiger partial charge in [0.2, 0.25) is 0 Å². The lowest BCUT2D eigenvalue weighted by molar-refractivity contribution is -0.136. The molecule has 1 aromatic rings. The highest BCUT2D eigenvalue weighted by Crippen LogP contribution is 2.20. The molecule has 0 radical (unpaired) electrons. The van der Waals surface area contributed by atoms with Gasteiger partial charge in [-0.05, 0) is 40.3 Å². The molecule has 4 heteroatoms. The third kappa shape index (κ3) is 2.37. The van der Waals surface area contributed by atoms with Crippen LogP contribution in [0.1, 0.15) is 5.56 Å². The van der Waals surface area contributed by atoms with E-state index < -0.39 is 5.97 Å². The van der Waals surface area contributed by atoms with E-state index >= 15 is 0 Å². The zero-order chi connectivity index (χ0) is 9.14. The van der Waals surface area contributed by atoms with Crippen molar-refractivity contribution in [2.75, 3.05) is 0 Å². The minimum Gasteiger partial charge on any atom is -0.507 e. The van der Waals surface area contributed by atoms with Crippen LogP contribution in [0.3, 0.4) is 0 Å². The van der Waals surface area contributed by atoms with Crippen molar-refractivity contribution in [1.82, 2.24) is 0 Å². The third-order valence-corrected chi connectivity index (χ3v) is 2.23. The Labute approximate surface area is 83.2 Å². The first-order valence-corrected chi connectivity index (χ1v) is 4.36. The van der Waals surface area contributed by atoms with Gasteiger partial charge in [0.05, 0.1) is 9.99 Å². The topological polar surface area (TPSA) is 57.5 Å². The van der Waals surface area contributed by atoms with E-state index in [9.17, 15) is 4.79 Å². The molecule has 0 fully saturated rings. The molecule has 0 unspecified atom stereocenters. The average molecular weight is 278 g/mol. The van der Waals surface area contributed by atoms with E-state index in [1.807, 2.05) is 22.6 Å². The fourth-order valence-electron chi connectivity index (χ4n) is 0.835. The van der Waals surface area contributed by atoms with E-state index in [1.165, 1.54) is 6.07 Å². The number of halogens is 1. The van der Waals surface area contributed by atoms with Gasteiger partial charge in [0.15, 0.2) is 0 Å². The van der Waals surface area contributed by atoms with Crippen LogP contribution in [-0.4, -0.2) is 16.2 Å². The van der Waals surface area contributed by atoms with Crippen molar-refractivity contribution in [3.63, 3.8) is 0 Å². The Morgan fingerprint density at radius 1 is 1.50 bits per heavy atom. The Balaban J connectivity index is 2.89. The minimum atomic E-state index is -0.864. The lowest BCUT2D eigenvalue weighted by Crippen LogP contribution is -1.99. The summed E-state index contributed by atoms with van der Waals surface area (Å²) < 4.78 is 0.673. The lowest BCUT2D eigenvalue weighted by atomic mass is 10.1. The molecule has 0 aliphatic heterocycles. The summed E-state index contributed by atoms with van der Waals surface area (Å²) in [7, 11) is 0. The molecular formula is C8H7IO3. The summed E-state index contributed by atoms with van der Waals surface area (Å²) in [4.78, 5) is 10.3. The molecule has 0 aromatic heterocycles. The van der Waals surface area contributed by atoms with Gasteiger partial charge >= 0.3 is 5.97 Å². The highest BCUT2D eigenvalue weighted by molar-refractivity contribution is 14.1. The normalized spacial score (nSPS) is 9.75. The maximum atomic E-state index is 10.3. The van der Waals surface area contributed by atoms with Crippen LogP contribution in [0.15, 0.2) is 18.2 Å². The number of aliphatic carboxylic acids is 1. The SMILES string of the molecule is O=C(O)Cc1ccc(O)c(I)c1. The first-order valence-electron chi connectivity index (χ1n) is 3.29. The quantitative estimate of drug-likeness (QED) is 0.808. The van der Waals surface area contributed by atoms with Crippen LogP contribution in [0.5, 0.6) is 5.75 Å². The largest absolute Gasteiger partial charge is 0.507 e. The maximum Gasteiger partial charge on any atom is 0.307 e. The summed E-state index contributed by atoms with van der Waals surface area (Å²) >= 11 is 1.95. The fraction of sp³-hybridized carbons (Fsp3) is 0.125. The van der Waals surface area contributed by atoms with E-state index in [0.29, 0.717) is 9.13 Å². The molecule has 2 N–H and O–H groups in total. The van der Waals surface area contributed by atoms with E-state index in [4.69, 9.17) is 10.2 Å². The van der Waals surface area contributed by atoms with Crippen LogP contribution >= 0.6 is 22.6 Å². The number of hydrogen-bond acceptors (Lipinski definition) is 2. The zero-order valence-corrected chi connectivity index (χ0v) is 8.28. The van der Waals surface area contributed by atoms with E-state index in [1.54, 1.807) is 12.1 Å². The predicted molar refractivity (Wildman–Crippen MR) is 52.2 cm³/mol. The average Bonchev–Trinajstić information content (AvgIpc) is 1.96. The highest BCUT2D eigenvalue weighted by atomic mass is 127. The first kappa shape index (κ1) is 9.31. The number of hydrogen-bond donors (Lipinski definition) is 2. The van der Waals surface area contributed by atoms with Crippen LogP contribution in [0.25, 0.3) is 0 Å². The molecule has 0 atom stereocenters. The van der Waals surface area contributed by atoms with Crippen LogP contribution in [0.4, 0.5) is 0 Å². The van der Waals surface area contributed by atoms with Gasteiger partial charge in [0.25, 0.3) is 0 Å². The molecule has 0 bridgehead atoms. The number of aromatic hydroxyl groups is 1. The van der Waals surface area contributed by atoms with Crippen molar-refractivity contribution in [3.05, 3.63) is 27.3 Å². The molecule has 0 amide bonds. The van der Waals surface area contributed by atoms with E-state index in [-0.39, 0.29) is 12.2 Å². The van der Waals surface area contributed by atoms with Crippen LogP contribution in [-0.2, 0) is 11.2 Å². The Kier molecular flexibility index (Phi) is 2.91. The van der Waals surface area contributed by atoms with Gasteiger partial charge in [-0.1, -0.05) is 6.07 Å². The third-order valence-electron chi connectivity index (χ3n) is 1.37. The van der Waals surface area contributed by atoms with Crippen LogP contribution in [0.2, 0.25) is 0 Å². The number of phenols is 1. The summed E-state index contributed by atoms with van der Waals surface area (Å²) in [5, 5.41) is 17.6. The Morgan fingerprint density at radius 3 is 2.67 bits per heavy atom. The molecule has 0 aliphatic carbocycles. The van der Waals surface area contributed by atoms with Gasteiger partial charge in [-0.3, -0.25) is 4.79 Å². The number of carboxylic acid groups (broad SMARTS) is 1. The van der Waals surface area contributed by atoms with Gasteiger partial charge in [0.1, 0.15) is 5.75 Å². The second-order valence-corrected chi connectivity index (χ2v) is 3.52. The van der Waals surface area contributed by atoms with Crippen molar-refractivity contribution in [2.24, 2.45) is 0 Å². The Bertz CT molecular complexity index is 309. The van der Waals surface area contributed by atoms with Gasteiger partial charge in [-0.15, -0.1) is 0 Å². The first-order chi connectivity index (χ1) is 5.59. The van der Waals surface area contributed by atoms with Gasteiger partial charge in [0, 0.05) is 0 Å². The van der Waals surface area contributed by atoms with Gasteiger partial charge in [-0.25, -0.2) is 0 Å². The highest BCUT2D eigenvalue weighted by Gasteiger charge is 2.02. The predicted octanol–water partition coefficient (Wildman–Crippen LogP) is 1.62. The molecule has 0 saturated carbocycles. The zero-order valence-electron chi connectivity index (χ0n) is 6.12. The molecule has 0 aliphatic rings. The fourth-order valence-corrected chi connectivity index (χ4v) is 1.41. The second-order valence-electron chi connectivity index (χ2n) is 2.36. The molecule has 0 spiro atoms. The van der Waals surface area contributed by atoms with Crippen molar-refractivity contribution < 1.29 is 15.0 Å². The number of benzene rings is 1. The number of phenolic OH excluding ortho intramolecular Hbond substituents is 1. The monoisotopic (exact) mass is 278 g/mol. The smallest absolute Gasteiger partial charge is 0.307 e. The molecule has 1 rings (SSSR count). The summed E-state index contributed by atoms with van der Waals surface area (Å²) in [6, 6.07) is 4.76. The molecule has 64 valence electrons. The van der Waals surface area contributed by atoms with Crippen molar-refractivity contribution in [1.29, 1.82) is 0 Å². The van der Waals surface area contributed by atoms with Crippen molar-refractivity contribution >= 4 is 28.6 Å². The molecule has 3 nitrogen and oxygen atoms in total. The molecule has 0 saturated heterocycles. The van der Waals surface area contributed by atoms with Crippen molar-refractivity contribution in [2.45, 2.75) is 6.42 Å². The maximum absolute atomic E-state index is 10.3. The minimum absolute atomic E-state index is 0.00369. The number of carbonyl (C=O) groups is 1. The van der Waals surface area contributed by atoms with E-state index in [0.717, 1.165) is 0 Å².